The molecular formula is C30H32F4N4O6. The van der Waals surface area contributed by atoms with Crippen molar-refractivity contribution in [3.8, 4) is 28.5 Å². The summed E-state index contributed by atoms with van der Waals surface area (Å²) in [5.74, 6) is -2.00. The quantitative estimate of drug-likeness (QED) is 0.239. The molecule has 4 rings (SSSR count). The zero-order valence-electron chi connectivity index (χ0n) is 24.3. The van der Waals surface area contributed by atoms with Crippen molar-refractivity contribution in [1.29, 1.82) is 0 Å². The number of halogens is 4. The van der Waals surface area contributed by atoms with Gasteiger partial charge in [-0.15, -0.1) is 0 Å². The van der Waals surface area contributed by atoms with Gasteiger partial charge in [0.15, 0.2) is 11.5 Å². The second-order valence-corrected chi connectivity index (χ2v) is 10.6. The Kier molecular flexibility index (Phi) is 9.07. The van der Waals surface area contributed by atoms with E-state index in [2.05, 4.69) is 15.6 Å². The number of aliphatic hydroxyl groups is 1. The van der Waals surface area contributed by atoms with E-state index in [1.54, 1.807) is 7.05 Å². The fourth-order valence-corrected chi connectivity index (χ4v) is 4.48. The number of rotatable bonds is 11. The summed E-state index contributed by atoms with van der Waals surface area (Å²) in [6.45, 7) is 1.90. The minimum absolute atomic E-state index is 0.00605. The third-order valence-electron chi connectivity index (χ3n) is 7.54. The number of ether oxygens (including phenoxy) is 3. The van der Waals surface area contributed by atoms with Crippen molar-refractivity contribution in [3.05, 3.63) is 71.2 Å². The lowest BCUT2D eigenvalue weighted by Gasteiger charge is -2.31. The summed E-state index contributed by atoms with van der Waals surface area (Å²) in [4.78, 5) is 29.5. The first-order valence-electron chi connectivity index (χ1n) is 13.4. The van der Waals surface area contributed by atoms with Crippen LogP contribution in [0.1, 0.15) is 35.5 Å². The number of nitrogens with one attached hydrogen (secondary N) is 2. The number of aromatic nitrogens is 1. The van der Waals surface area contributed by atoms with Gasteiger partial charge in [0.05, 0.1) is 19.3 Å². The molecule has 1 unspecified atom stereocenters. The molecule has 1 aliphatic rings. The lowest BCUT2D eigenvalue weighted by molar-refractivity contribution is -0.265. The van der Waals surface area contributed by atoms with Gasteiger partial charge in [-0.25, -0.2) is 9.37 Å². The number of nitrogens with zero attached hydrogens (tertiary/aromatic N) is 1. The van der Waals surface area contributed by atoms with Crippen molar-refractivity contribution >= 4 is 11.8 Å². The van der Waals surface area contributed by atoms with Gasteiger partial charge in [0, 0.05) is 22.7 Å². The number of carbonyl (C=O) groups is 2. The minimum atomic E-state index is -5.36. The summed E-state index contributed by atoms with van der Waals surface area (Å²) in [7, 11) is 3.10. The van der Waals surface area contributed by atoms with Gasteiger partial charge in [0.2, 0.25) is 11.5 Å². The molecule has 3 atom stereocenters. The average molecular weight is 621 g/mol. The number of amides is 2. The van der Waals surface area contributed by atoms with Gasteiger partial charge in [-0.2, -0.15) is 13.2 Å². The van der Waals surface area contributed by atoms with E-state index in [0.29, 0.717) is 5.75 Å². The monoisotopic (exact) mass is 620 g/mol. The molecule has 1 aliphatic heterocycles. The van der Waals surface area contributed by atoms with Crippen LogP contribution in [0, 0.1) is 5.82 Å². The smallest absolute Gasteiger partial charge is 0.424 e. The van der Waals surface area contributed by atoms with Crippen LogP contribution in [0.15, 0.2) is 48.5 Å². The van der Waals surface area contributed by atoms with E-state index in [-0.39, 0.29) is 53.1 Å². The second kappa shape index (κ2) is 12.3. The van der Waals surface area contributed by atoms with Gasteiger partial charge in [0.1, 0.15) is 35.9 Å². The van der Waals surface area contributed by atoms with E-state index in [4.69, 9.17) is 19.9 Å². The number of primary amides is 1. The molecule has 2 heterocycles. The highest BCUT2D eigenvalue weighted by Gasteiger charge is 2.57. The number of alkyl halides is 3. The average Bonchev–Trinajstić information content (AvgIpc) is 3.35. The molecule has 0 aliphatic carbocycles. The first kappa shape index (κ1) is 32.5. The molecule has 0 saturated carbocycles. The normalized spacial score (nSPS) is 18.0. The van der Waals surface area contributed by atoms with Crippen molar-refractivity contribution in [3.63, 3.8) is 0 Å². The molecule has 0 fully saturated rings. The summed E-state index contributed by atoms with van der Waals surface area (Å²) in [5.41, 5.74) is -0.772. The summed E-state index contributed by atoms with van der Waals surface area (Å²) in [5, 5.41) is 16.3. The number of carbonyl (C=O) groups excluding carboxylic acids is 2. The molecule has 0 spiro atoms. The van der Waals surface area contributed by atoms with Crippen molar-refractivity contribution in [2.24, 2.45) is 5.73 Å². The van der Waals surface area contributed by atoms with E-state index >= 15 is 0 Å². The number of hydrogen-bond donors (Lipinski definition) is 4. The number of methoxy groups -OCH3 is 1. The van der Waals surface area contributed by atoms with Crippen LogP contribution in [0.4, 0.5) is 17.6 Å². The molecular weight excluding hydrogens is 588 g/mol. The van der Waals surface area contributed by atoms with Gasteiger partial charge in [-0.05, 0) is 69.4 Å². The third kappa shape index (κ3) is 6.13. The maximum atomic E-state index is 14.6. The standard InChI is InChI=1S/C30H32F4N4O6/c1-16(36-3)13-43-21-10-7-18(11-22(21)42-4)26(39)37-14-29(41,30(32,33)34)23-12-20-25(44-15-28(20,2)27(35)40)24(38-23)17-5-8-19(31)9-6-17/h5-12,16,36,41H,13-15H2,1-4H3,(H2,35,40)(H,37,39)/t16-,28+,29?/m1/s1. The van der Waals surface area contributed by atoms with Crippen LogP contribution in [0.2, 0.25) is 0 Å². The number of hydrogen-bond acceptors (Lipinski definition) is 8. The van der Waals surface area contributed by atoms with Crippen LogP contribution >= 0.6 is 0 Å². The van der Waals surface area contributed by atoms with Crippen LogP contribution in [0.25, 0.3) is 11.3 Å². The van der Waals surface area contributed by atoms with Crippen LogP contribution in [0.3, 0.4) is 0 Å². The van der Waals surface area contributed by atoms with Crippen molar-refractivity contribution < 1.29 is 46.5 Å². The zero-order chi connectivity index (χ0) is 32.4. The Morgan fingerprint density at radius 1 is 1.16 bits per heavy atom. The summed E-state index contributed by atoms with van der Waals surface area (Å²) < 4.78 is 74.1. The Morgan fingerprint density at radius 3 is 2.43 bits per heavy atom. The molecule has 0 bridgehead atoms. The molecule has 0 saturated heterocycles. The molecule has 44 heavy (non-hydrogen) atoms. The van der Waals surface area contributed by atoms with Crippen LogP contribution in [-0.4, -0.2) is 68.0 Å². The number of benzene rings is 2. The van der Waals surface area contributed by atoms with Gasteiger partial charge >= 0.3 is 6.18 Å². The van der Waals surface area contributed by atoms with Crippen molar-refractivity contribution in [1.82, 2.24) is 15.6 Å². The Balaban J connectivity index is 1.72. The van der Waals surface area contributed by atoms with E-state index < -0.39 is 47.1 Å². The van der Waals surface area contributed by atoms with E-state index in [1.165, 1.54) is 44.4 Å². The number of pyridine rings is 1. The topological polar surface area (TPSA) is 145 Å². The van der Waals surface area contributed by atoms with Crippen LogP contribution in [0.5, 0.6) is 17.2 Å². The van der Waals surface area contributed by atoms with E-state index in [1.807, 2.05) is 6.92 Å². The van der Waals surface area contributed by atoms with Gasteiger partial charge in [0.25, 0.3) is 5.91 Å². The van der Waals surface area contributed by atoms with Gasteiger partial charge in [-0.3, -0.25) is 9.59 Å². The Hall–Kier alpha value is -4.43. The summed E-state index contributed by atoms with van der Waals surface area (Å²) >= 11 is 0. The Bertz CT molecular complexity index is 1550. The fourth-order valence-electron chi connectivity index (χ4n) is 4.48. The highest BCUT2D eigenvalue weighted by Crippen LogP contribution is 2.47. The minimum Gasteiger partial charge on any atom is -0.493 e. The highest BCUT2D eigenvalue weighted by molar-refractivity contribution is 5.95. The molecule has 1 aromatic heterocycles. The van der Waals surface area contributed by atoms with Gasteiger partial charge in [-0.1, -0.05) is 0 Å². The number of fused-ring (bicyclic) bond motifs is 1. The number of nitrogens with two attached hydrogens (primary N) is 1. The van der Waals surface area contributed by atoms with E-state index in [0.717, 1.165) is 18.2 Å². The van der Waals surface area contributed by atoms with E-state index in [9.17, 15) is 32.3 Å². The predicted molar refractivity (Wildman–Crippen MR) is 151 cm³/mol. The maximum absolute atomic E-state index is 14.6. The molecule has 10 nitrogen and oxygen atoms in total. The first-order chi connectivity index (χ1) is 20.6. The zero-order valence-corrected chi connectivity index (χ0v) is 24.3. The molecule has 2 aromatic carbocycles. The maximum Gasteiger partial charge on any atom is 0.424 e. The molecule has 236 valence electrons. The van der Waals surface area contributed by atoms with Crippen LogP contribution in [-0.2, 0) is 15.8 Å². The lowest BCUT2D eigenvalue weighted by atomic mass is 9.81. The van der Waals surface area contributed by atoms with Crippen molar-refractivity contribution in [2.45, 2.75) is 37.1 Å². The Morgan fingerprint density at radius 2 is 1.84 bits per heavy atom. The molecule has 2 amide bonds. The third-order valence-corrected chi connectivity index (χ3v) is 7.54. The van der Waals surface area contributed by atoms with Crippen molar-refractivity contribution in [2.75, 3.05) is 33.9 Å². The SMILES string of the molecule is CN[C@H](C)COc1ccc(C(=O)NCC(O)(c2cc3c(c(-c4ccc(F)cc4)n2)OC[C@]3(C)C(N)=O)C(F)(F)F)cc1OC. The molecule has 5 N–H and O–H groups in total. The summed E-state index contributed by atoms with van der Waals surface area (Å²) in [6, 6.07) is 9.62. The highest BCUT2D eigenvalue weighted by atomic mass is 19.4. The molecule has 0 radical (unpaired) electrons. The van der Waals surface area contributed by atoms with Gasteiger partial charge < -0.3 is 35.7 Å². The largest absolute Gasteiger partial charge is 0.493 e. The molecule has 3 aromatic rings. The predicted octanol–water partition coefficient (Wildman–Crippen LogP) is 3.20. The Labute approximate surface area is 250 Å². The lowest BCUT2D eigenvalue weighted by Crippen LogP contribution is -2.51. The second-order valence-electron chi connectivity index (χ2n) is 10.6. The first-order valence-corrected chi connectivity index (χ1v) is 13.4. The fraction of sp³-hybridized carbons (Fsp3) is 0.367. The molecule has 14 heteroatoms. The summed E-state index contributed by atoms with van der Waals surface area (Å²) in [6.07, 6.45) is -5.36. The van der Waals surface area contributed by atoms with Crippen LogP contribution < -0.4 is 30.6 Å². The number of likely N-dealkylation sites (N-methyl/N-ethyl adjacent to an activating group) is 1.